The first-order valence-corrected chi connectivity index (χ1v) is 14.2. The van der Waals surface area contributed by atoms with Crippen LogP contribution in [0.2, 0.25) is 0 Å². The summed E-state index contributed by atoms with van der Waals surface area (Å²) in [4.78, 5) is 0. The molecule has 0 bridgehead atoms. The van der Waals surface area contributed by atoms with Crippen LogP contribution in [0.3, 0.4) is 0 Å². The van der Waals surface area contributed by atoms with Crippen LogP contribution in [0.25, 0.3) is 32.7 Å². The standard InChI is InChI=1S/2C16H13.2ClH.Zr/c2*1-12-9-10-14(11-12)16-8-4-6-13-5-2-3-7-15(13)16;;;/h2*2-8,11H,10H2,1H3;2*1H;/q;;;;+2/p-2. The number of fused-ring (bicyclic) bond motifs is 2. The Hall–Kier alpha value is -2.18. The van der Waals surface area contributed by atoms with Gasteiger partial charge < -0.3 is 24.8 Å². The van der Waals surface area contributed by atoms with E-state index < -0.39 is 23.2 Å². The summed E-state index contributed by atoms with van der Waals surface area (Å²) in [5.74, 6) is 0. The summed E-state index contributed by atoms with van der Waals surface area (Å²) in [7, 11) is 0. The Kier molecular flexibility index (Phi) is 8.02. The Morgan fingerprint density at radius 2 is 0.914 bits per heavy atom. The smallest absolute Gasteiger partial charge is 1.00 e. The molecule has 0 atom stereocenters. The average molecular weight is 573 g/mol. The summed E-state index contributed by atoms with van der Waals surface area (Å²) in [6.07, 6.45) is 7.18. The van der Waals surface area contributed by atoms with Gasteiger partial charge in [-0.05, 0) is 0 Å². The van der Waals surface area contributed by atoms with Crippen molar-refractivity contribution in [2.24, 2.45) is 0 Å². The third-order valence-electron chi connectivity index (χ3n) is 7.04. The van der Waals surface area contributed by atoms with Crippen molar-refractivity contribution in [2.75, 3.05) is 0 Å². The largest absolute Gasteiger partial charge is 1.00 e. The predicted molar refractivity (Wildman–Crippen MR) is 138 cm³/mol. The first kappa shape index (κ1) is 25.9. The second-order valence-electron chi connectivity index (χ2n) is 9.19. The van der Waals surface area contributed by atoms with Crippen LogP contribution in [0, 0.1) is 0 Å². The van der Waals surface area contributed by atoms with E-state index in [1.54, 1.807) is 6.56 Å². The molecule has 0 heterocycles. The zero-order valence-electron chi connectivity index (χ0n) is 19.9. The molecule has 4 aromatic carbocycles. The van der Waals surface area contributed by atoms with Crippen molar-refractivity contribution in [3.05, 3.63) is 126 Å². The van der Waals surface area contributed by atoms with Gasteiger partial charge >= 0.3 is 209 Å². The van der Waals surface area contributed by atoms with E-state index in [0.29, 0.717) is 0 Å². The minimum atomic E-state index is -0.794. The average Bonchev–Trinajstić information content (AvgIpc) is 3.40. The van der Waals surface area contributed by atoms with Crippen LogP contribution in [0.5, 0.6) is 0 Å². The first-order chi connectivity index (χ1) is 16.2. The number of rotatable bonds is 4. The monoisotopic (exact) mass is 570 g/mol. The topological polar surface area (TPSA) is 0 Å². The quantitative estimate of drug-likeness (QED) is 0.353. The molecule has 2 aliphatic carbocycles. The van der Waals surface area contributed by atoms with E-state index in [4.69, 9.17) is 0 Å². The van der Waals surface area contributed by atoms with Crippen molar-refractivity contribution in [3.8, 4) is 0 Å². The number of halogens is 2. The second-order valence-corrected chi connectivity index (χ2v) is 12.8. The minimum Gasteiger partial charge on any atom is -1.00 e. The summed E-state index contributed by atoms with van der Waals surface area (Å²) in [6, 6.07) is 31.0. The molecule has 0 amide bonds. The number of hydrogen-bond donors (Lipinski definition) is 0. The van der Waals surface area contributed by atoms with Crippen LogP contribution in [0.15, 0.2) is 115 Å². The zero-order valence-corrected chi connectivity index (χ0v) is 23.9. The predicted octanol–water partition coefficient (Wildman–Crippen LogP) is 2.91. The summed E-state index contributed by atoms with van der Waals surface area (Å²) < 4.78 is 3.48. The molecule has 3 heteroatoms. The van der Waals surface area contributed by atoms with Gasteiger partial charge in [0.25, 0.3) is 0 Å². The molecule has 0 saturated heterocycles. The molecule has 0 spiro atoms. The van der Waals surface area contributed by atoms with Gasteiger partial charge in [0.15, 0.2) is 0 Å². The van der Waals surface area contributed by atoms with E-state index in [-0.39, 0.29) is 24.8 Å². The van der Waals surface area contributed by atoms with Gasteiger partial charge in [-0.15, -0.1) is 0 Å². The van der Waals surface area contributed by atoms with Gasteiger partial charge in [0.1, 0.15) is 0 Å². The molecular weight excluding hydrogens is 546 g/mol. The molecule has 0 nitrogen and oxygen atoms in total. The Morgan fingerprint density at radius 3 is 1.37 bits per heavy atom. The maximum absolute atomic E-state index is 2.46. The van der Waals surface area contributed by atoms with Crippen LogP contribution in [-0.4, -0.2) is 0 Å². The fraction of sp³-hybridized carbons (Fsp3) is 0.125. The molecular formula is C32H26Cl2Zr. The van der Waals surface area contributed by atoms with Crippen molar-refractivity contribution in [1.82, 2.24) is 0 Å². The SMILES string of the molecule is CC1=[C]([Zr+2][C]2=C(C)C=C(c3cccc4ccccc34)C2)CC(c2cccc3ccccc23)=C1.[Cl-].[Cl-]. The van der Waals surface area contributed by atoms with Gasteiger partial charge in [-0.25, -0.2) is 0 Å². The van der Waals surface area contributed by atoms with Gasteiger partial charge in [-0.3, -0.25) is 0 Å². The van der Waals surface area contributed by atoms with E-state index in [1.807, 2.05) is 0 Å². The molecule has 6 rings (SSSR count). The fourth-order valence-electron chi connectivity index (χ4n) is 5.28. The zero-order chi connectivity index (χ0) is 22.4. The maximum Gasteiger partial charge on any atom is -1.00 e. The van der Waals surface area contributed by atoms with Crippen LogP contribution >= 0.6 is 0 Å². The number of allylic oxidation sites excluding steroid dienone is 8. The van der Waals surface area contributed by atoms with E-state index in [1.165, 1.54) is 55.0 Å². The van der Waals surface area contributed by atoms with Gasteiger partial charge in [0.2, 0.25) is 0 Å². The molecule has 0 aliphatic heterocycles. The fourth-order valence-corrected chi connectivity index (χ4v) is 8.87. The molecule has 0 fully saturated rings. The van der Waals surface area contributed by atoms with Crippen LogP contribution in [0.4, 0.5) is 0 Å². The third-order valence-corrected chi connectivity index (χ3v) is 11.3. The van der Waals surface area contributed by atoms with E-state index in [2.05, 4.69) is 111 Å². The van der Waals surface area contributed by atoms with Gasteiger partial charge in [0, 0.05) is 0 Å². The minimum absolute atomic E-state index is 0. The first-order valence-electron chi connectivity index (χ1n) is 11.7. The van der Waals surface area contributed by atoms with E-state index in [9.17, 15) is 0 Å². The summed E-state index contributed by atoms with van der Waals surface area (Å²) in [5, 5.41) is 5.42. The van der Waals surface area contributed by atoms with Crippen molar-refractivity contribution >= 4 is 32.7 Å². The molecule has 0 aromatic heterocycles. The molecule has 172 valence electrons. The second kappa shape index (κ2) is 10.8. The summed E-state index contributed by atoms with van der Waals surface area (Å²) >= 11 is -0.794. The van der Waals surface area contributed by atoms with Crippen molar-refractivity contribution in [1.29, 1.82) is 0 Å². The number of hydrogen-bond acceptors (Lipinski definition) is 0. The molecule has 0 saturated carbocycles. The molecule has 4 aromatic rings. The van der Waals surface area contributed by atoms with Gasteiger partial charge in [-0.2, -0.15) is 0 Å². The Labute approximate surface area is 231 Å². The summed E-state index contributed by atoms with van der Waals surface area (Å²) in [6.45, 7) is 4.66. The Morgan fingerprint density at radius 1 is 0.514 bits per heavy atom. The van der Waals surface area contributed by atoms with Crippen LogP contribution in [0.1, 0.15) is 37.8 Å². The van der Waals surface area contributed by atoms with Crippen molar-refractivity contribution in [2.45, 2.75) is 26.7 Å². The Bertz CT molecular complexity index is 1420. The Balaban J connectivity index is 0.00000144. The van der Waals surface area contributed by atoms with E-state index >= 15 is 0 Å². The van der Waals surface area contributed by atoms with Crippen LogP contribution in [-0.2, 0) is 23.2 Å². The van der Waals surface area contributed by atoms with Gasteiger partial charge in [0.05, 0.1) is 0 Å². The molecule has 2 aliphatic rings. The van der Waals surface area contributed by atoms with Crippen molar-refractivity contribution < 1.29 is 48.0 Å². The van der Waals surface area contributed by atoms with E-state index in [0.717, 1.165) is 12.8 Å². The molecule has 0 unspecified atom stereocenters. The number of benzene rings is 4. The molecule has 35 heavy (non-hydrogen) atoms. The van der Waals surface area contributed by atoms with Gasteiger partial charge in [-0.1, -0.05) is 0 Å². The molecule has 0 N–H and O–H groups in total. The third kappa shape index (κ3) is 4.92. The normalized spacial score (nSPS) is 15.0. The van der Waals surface area contributed by atoms with Crippen molar-refractivity contribution in [3.63, 3.8) is 0 Å². The van der Waals surface area contributed by atoms with Crippen LogP contribution < -0.4 is 24.8 Å². The maximum atomic E-state index is 2.46. The summed E-state index contributed by atoms with van der Waals surface area (Å²) in [5.41, 5.74) is 8.85. The molecule has 0 radical (unpaired) electrons.